The van der Waals surface area contributed by atoms with Crippen LogP contribution in [0.25, 0.3) is 0 Å². The molecule has 10 heavy (non-hydrogen) atoms. The molecule has 0 nitrogen and oxygen atoms in total. The van der Waals surface area contributed by atoms with Crippen LogP contribution in [-0.2, 0) is 0 Å². The van der Waals surface area contributed by atoms with Gasteiger partial charge in [0.2, 0.25) is 0 Å². The predicted molar refractivity (Wildman–Crippen MR) is 34.5 cm³/mol. The Labute approximate surface area is 57.1 Å². The van der Waals surface area contributed by atoms with E-state index in [1.807, 2.05) is 0 Å². The first kappa shape index (κ1) is 7.19. The summed E-state index contributed by atoms with van der Waals surface area (Å²) in [5, 5.41) is 0. The van der Waals surface area contributed by atoms with Crippen LogP contribution in [0.3, 0.4) is 0 Å². The summed E-state index contributed by atoms with van der Waals surface area (Å²) in [5.41, 5.74) is -0.278. The largest absolute Gasteiger partial charge is 0.208 e. The summed E-state index contributed by atoms with van der Waals surface area (Å²) < 4.78 is 36.9. The molecule has 0 amide bonds. The van der Waals surface area contributed by atoms with Crippen molar-refractivity contribution in [1.82, 2.24) is 0 Å². The molecular formula is C6H4BF3. The van der Waals surface area contributed by atoms with Crippen LogP contribution in [0.15, 0.2) is 12.1 Å². The highest BCUT2D eigenvalue weighted by Gasteiger charge is 2.07. The molecule has 0 saturated carbocycles. The molecule has 0 aliphatic heterocycles. The van der Waals surface area contributed by atoms with Crippen molar-refractivity contribution in [3.05, 3.63) is 29.6 Å². The van der Waals surface area contributed by atoms with Gasteiger partial charge in [-0.15, -0.1) is 0 Å². The number of hydrogen-bond donors (Lipinski definition) is 0. The number of hydrogen-bond acceptors (Lipinski definition) is 0. The minimum atomic E-state index is -1.11. The van der Waals surface area contributed by atoms with Crippen LogP contribution < -0.4 is 5.46 Å². The van der Waals surface area contributed by atoms with E-state index in [4.69, 9.17) is 0 Å². The summed E-state index contributed by atoms with van der Waals surface area (Å²) in [7, 11) is 1.19. The molecule has 0 aliphatic rings. The first-order valence-electron chi connectivity index (χ1n) is 2.73. The molecule has 0 atom stereocenters. The fourth-order valence-electron chi connectivity index (χ4n) is 0.628. The molecule has 0 N–H and O–H groups in total. The lowest BCUT2D eigenvalue weighted by Gasteiger charge is -1.97. The van der Waals surface area contributed by atoms with Crippen LogP contribution in [0.1, 0.15) is 0 Å². The van der Waals surface area contributed by atoms with Crippen molar-refractivity contribution in [2.24, 2.45) is 0 Å². The van der Waals surface area contributed by atoms with Gasteiger partial charge < -0.3 is 0 Å². The first-order valence-corrected chi connectivity index (χ1v) is 2.73. The average molecular weight is 144 g/mol. The maximum Gasteiger partial charge on any atom is 0.158 e. The zero-order valence-corrected chi connectivity index (χ0v) is 5.29. The topological polar surface area (TPSA) is 0 Å². The summed E-state index contributed by atoms with van der Waals surface area (Å²) in [6, 6.07) is 1.66. The molecule has 1 aromatic carbocycles. The van der Waals surface area contributed by atoms with Gasteiger partial charge in [0.05, 0.1) is 0 Å². The van der Waals surface area contributed by atoms with Gasteiger partial charge in [0.15, 0.2) is 11.6 Å². The highest BCUT2D eigenvalue weighted by Crippen LogP contribution is 2.02. The molecule has 0 aromatic heterocycles. The van der Waals surface area contributed by atoms with Crippen LogP contribution in [0.2, 0.25) is 0 Å². The fourth-order valence-corrected chi connectivity index (χ4v) is 0.628. The molecule has 0 saturated heterocycles. The first-order chi connectivity index (χ1) is 4.63. The molecule has 0 heterocycles. The average Bonchev–Trinajstić information content (AvgIpc) is 1.93. The van der Waals surface area contributed by atoms with E-state index in [0.717, 1.165) is 12.1 Å². The molecule has 1 rings (SSSR count). The lowest BCUT2D eigenvalue weighted by molar-refractivity contribution is 0.503. The van der Waals surface area contributed by atoms with Crippen molar-refractivity contribution in [3.8, 4) is 0 Å². The third kappa shape index (κ3) is 1.01. The Morgan fingerprint density at radius 1 is 1.00 bits per heavy atom. The summed E-state index contributed by atoms with van der Waals surface area (Å²) in [5.74, 6) is -2.85. The fraction of sp³-hybridized carbons (Fsp3) is 0. The molecule has 0 bridgehead atoms. The van der Waals surface area contributed by atoms with E-state index < -0.39 is 17.5 Å². The minimum absolute atomic E-state index is 0.278. The second kappa shape index (κ2) is 2.36. The smallest absolute Gasteiger partial charge is 0.158 e. The monoisotopic (exact) mass is 144 g/mol. The Balaban J connectivity index is 3.34. The normalized spacial score (nSPS) is 9.90. The molecule has 0 spiro atoms. The molecule has 0 radical (unpaired) electrons. The minimum Gasteiger partial charge on any atom is -0.208 e. The van der Waals surface area contributed by atoms with Gasteiger partial charge in [0, 0.05) is 0 Å². The van der Waals surface area contributed by atoms with E-state index >= 15 is 0 Å². The van der Waals surface area contributed by atoms with Gasteiger partial charge in [-0.05, 0) is 17.6 Å². The summed E-state index contributed by atoms with van der Waals surface area (Å²) >= 11 is 0. The van der Waals surface area contributed by atoms with Crippen LogP contribution in [-0.4, -0.2) is 7.85 Å². The Morgan fingerprint density at radius 3 is 2.00 bits per heavy atom. The SMILES string of the molecule is Bc1c(F)ccc(F)c1F. The zero-order chi connectivity index (χ0) is 7.72. The third-order valence-electron chi connectivity index (χ3n) is 1.27. The Hall–Kier alpha value is -0.925. The van der Waals surface area contributed by atoms with Crippen LogP contribution in [0, 0.1) is 17.5 Å². The van der Waals surface area contributed by atoms with E-state index in [1.165, 1.54) is 7.85 Å². The van der Waals surface area contributed by atoms with Crippen LogP contribution in [0.5, 0.6) is 0 Å². The van der Waals surface area contributed by atoms with Gasteiger partial charge in [-0.25, -0.2) is 13.2 Å². The highest BCUT2D eigenvalue weighted by atomic mass is 19.2. The van der Waals surface area contributed by atoms with Gasteiger partial charge >= 0.3 is 0 Å². The van der Waals surface area contributed by atoms with E-state index in [2.05, 4.69) is 0 Å². The van der Waals surface area contributed by atoms with Crippen molar-refractivity contribution in [3.63, 3.8) is 0 Å². The number of halogens is 3. The molecule has 1 aromatic rings. The van der Waals surface area contributed by atoms with E-state index in [0.29, 0.717) is 0 Å². The second-order valence-electron chi connectivity index (χ2n) is 1.97. The zero-order valence-electron chi connectivity index (χ0n) is 5.29. The van der Waals surface area contributed by atoms with Gasteiger partial charge in [-0.1, -0.05) is 0 Å². The van der Waals surface area contributed by atoms with Gasteiger partial charge in [0.1, 0.15) is 13.7 Å². The van der Waals surface area contributed by atoms with E-state index in [-0.39, 0.29) is 5.46 Å². The molecule has 0 aliphatic carbocycles. The summed E-state index contributed by atoms with van der Waals surface area (Å²) in [4.78, 5) is 0. The van der Waals surface area contributed by atoms with Crippen molar-refractivity contribution < 1.29 is 13.2 Å². The predicted octanol–water partition coefficient (Wildman–Crippen LogP) is 0.362. The third-order valence-corrected chi connectivity index (χ3v) is 1.27. The maximum absolute atomic E-state index is 12.4. The quantitative estimate of drug-likeness (QED) is 0.364. The van der Waals surface area contributed by atoms with Crippen LogP contribution in [0.4, 0.5) is 13.2 Å². The Morgan fingerprint density at radius 2 is 1.50 bits per heavy atom. The maximum atomic E-state index is 12.4. The highest BCUT2D eigenvalue weighted by molar-refractivity contribution is 6.32. The van der Waals surface area contributed by atoms with Crippen molar-refractivity contribution in [2.75, 3.05) is 0 Å². The van der Waals surface area contributed by atoms with Crippen molar-refractivity contribution in [1.29, 1.82) is 0 Å². The molecule has 4 heteroatoms. The van der Waals surface area contributed by atoms with E-state index in [9.17, 15) is 13.2 Å². The molecule has 0 fully saturated rings. The molecule has 0 unspecified atom stereocenters. The molecule has 52 valence electrons. The summed E-state index contributed by atoms with van der Waals surface area (Å²) in [6.07, 6.45) is 0. The summed E-state index contributed by atoms with van der Waals surface area (Å²) in [6.45, 7) is 0. The molecular weight excluding hydrogens is 140 g/mol. The number of benzene rings is 1. The van der Waals surface area contributed by atoms with E-state index in [1.54, 1.807) is 0 Å². The Bertz CT molecular complexity index is 232. The van der Waals surface area contributed by atoms with Gasteiger partial charge in [0.25, 0.3) is 0 Å². The lowest BCUT2D eigenvalue weighted by atomic mass is 9.95. The van der Waals surface area contributed by atoms with Gasteiger partial charge in [-0.3, -0.25) is 0 Å². The Kier molecular flexibility index (Phi) is 1.70. The number of rotatable bonds is 0. The van der Waals surface area contributed by atoms with Gasteiger partial charge in [-0.2, -0.15) is 0 Å². The van der Waals surface area contributed by atoms with Crippen molar-refractivity contribution in [2.45, 2.75) is 0 Å². The lowest BCUT2D eigenvalue weighted by Crippen LogP contribution is -2.15. The van der Waals surface area contributed by atoms with Crippen LogP contribution >= 0.6 is 0 Å². The van der Waals surface area contributed by atoms with Crippen molar-refractivity contribution >= 4 is 13.3 Å². The standard InChI is InChI=1S/C6H4BF3/c7-5-3(8)1-2-4(9)6(5)10/h1-2H,7H2. The second-order valence-corrected chi connectivity index (χ2v) is 1.97.